The summed E-state index contributed by atoms with van der Waals surface area (Å²) in [5.74, 6) is -1.93. The van der Waals surface area contributed by atoms with E-state index >= 15 is 0 Å². The SMILES string of the molecule is O=C(O)CSCC(=O)Nc1ccc(Br)c(F)c1. The second kappa shape index (κ2) is 6.61. The van der Waals surface area contributed by atoms with Gasteiger partial charge < -0.3 is 10.4 Å². The Morgan fingerprint density at radius 2 is 2.12 bits per heavy atom. The number of carboxylic acids is 1. The lowest BCUT2D eigenvalue weighted by Gasteiger charge is -2.05. The first-order chi connectivity index (χ1) is 7.99. The van der Waals surface area contributed by atoms with Crippen molar-refractivity contribution in [1.82, 2.24) is 0 Å². The number of benzene rings is 1. The van der Waals surface area contributed by atoms with Crippen LogP contribution in [0.5, 0.6) is 0 Å². The molecule has 0 heterocycles. The van der Waals surface area contributed by atoms with Crippen LogP contribution in [0, 0.1) is 5.82 Å². The minimum Gasteiger partial charge on any atom is -0.481 e. The summed E-state index contributed by atoms with van der Waals surface area (Å²) in [6.07, 6.45) is 0. The van der Waals surface area contributed by atoms with Crippen LogP contribution in [-0.4, -0.2) is 28.5 Å². The molecule has 17 heavy (non-hydrogen) atoms. The number of hydrogen-bond acceptors (Lipinski definition) is 3. The maximum atomic E-state index is 13.1. The van der Waals surface area contributed by atoms with Crippen LogP contribution in [0.3, 0.4) is 0 Å². The Labute approximate surface area is 110 Å². The molecule has 0 saturated heterocycles. The fourth-order valence-electron chi connectivity index (χ4n) is 1.00. The van der Waals surface area contributed by atoms with Crippen molar-refractivity contribution in [3.8, 4) is 0 Å². The monoisotopic (exact) mass is 321 g/mol. The molecule has 1 aromatic rings. The highest BCUT2D eigenvalue weighted by Gasteiger charge is 2.06. The van der Waals surface area contributed by atoms with E-state index in [2.05, 4.69) is 21.2 Å². The molecule has 0 aliphatic carbocycles. The molecule has 1 aromatic carbocycles. The molecule has 2 N–H and O–H groups in total. The van der Waals surface area contributed by atoms with Crippen LogP contribution in [-0.2, 0) is 9.59 Å². The molecule has 0 saturated carbocycles. The molecule has 0 bridgehead atoms. The summed E-state index contributed by atoms with van der Waals surface area (Å²) in [6.45, 7) is 0. The van der Waals surface area contributed by atoms with Crippen molar-refractivity contribution in [2.75, 3.05) is 16.8 Å². The molecular formula is C10H9BrFNO3S. The summed E-state index contributed by atoms with van der Waals surface area (Å²) in [5, 5.41) is 10.8. The first-order valence-corrected chi connectivity index (χ1v) is 6.48. The molecule has 0 radical (unpaired) electrons. The molecule has 0 unspecified atom stereocenters. The van der Waals surface area contributed by atoms with Crippen molar-refractivity contribution in [2.24, 2.45) is 0 Å². The molecule has 0 spiro atoms. The molecule has 0 aliphatic rings. The zero-order valence-electron chi connectivity index (χ0n) is 8.57. The van der Waals surface area contributed by atoms with E-state index in [-0.39, 0.29) is 17.4 Å². The fourth-order valence-corrected chi connectivity index (χ4v) is 1.78. The molecule has 4 nitrogen and oxygen atoms in total. The number of carbonyl (C=O) groups excluding carboxylic acids is 1. The van der Waals surface area contributed by atoms with Crippen molar-refractivity contribution in [3.63, 3.8) is 0 Å². The van der Waals surface area contributed by atoms with E-state index in [1.54, 1.807) is 6.07 Å². The summed E-state index contributed by atoms with van der Waals surface area (Å²) in [7, 11) is 0. The number of anilines is 1. The largest absolute Gasteiger partial charge is 0.481 e. The molecule has 0 fully saturated rings. The zero-order valence-corrected chi connectivity index (χ0v) is 11.0. The van der Waals surface area contributed by atoms with Gasteiger partial charge in [0.2, 0.25) is 5.91 Å². The van der Waals surface area contributed by atoms with Crippen LogP contribution in [0.1, 0.15) is 0 Å². The normalized spacial score (nSPS) is 10.0. The standard InChI is InChI=1S/C10H9BrFNO3S/c11-7-2-1-6(3-8(7)12)13-9(14)4-17-5-10(15)16/h1-3H,4-5H2,(H,13,14)(H,15,16). The number of nitrogens with one attached hydrogen (secondary N) is 1. The summed E-state index contributed by atoms with van der Waals surface area (Å²) in [5.41, 5.74) is 0.339. The van der Waals surface area contributed by atoms with E-state index < -0.39 is 11.8 Å². The Morgan fingerprint density at radius 1 is 1.41 bits per heavy atom. The molecule has 0 atom stereocenters. The third kappa shape index (κ3) is 5.18. The Morgan fingerprint density at radius 3 is 2.71 bits per heavy atom. The average molecular weight is 322 g/mol. The quantitative estimate of drug-likeness (QED) is 0.873. The summed E-state index contributed by atoms with van der Waals surface area (Å²) in [6, 6.07) is 4.21. The number of thioether (sulfide) groups is 1. The Kier molecular flexibility index (Phi) is 5.43. The molecular weight excluding hydrogens is 313 g/mol. The number of rotatable bonds is 5. The first kappa shape index (κ1) is 14.0. The van der Waals surface area contributed by atoms with Gasteiger partial charge in [-0.25, -0.2) is 4.39 Å². The fraction of sp³-hybridized carbons (Fsp3) is 0.200. The van der Waals surface area contributed by atoms with Crippen molar-refractivity contribution in [2.45, 2.75) is 0 Å². The smallest absolute Gasteiger partial charge is 0.313 e. The van der Waals surface area contributed by atoms with Gasteiger partial charge in [0.25, 0.3) is 0 Å². The molecule has 0 aliphatic heterocycles. The minimum atomic E-state index is -0.975. The van der Waals surface area contributed by atoms with Gasteiger partial charge in [-0.3, -0.25) is 9.59 Å². The van der Waals surface area contributed by atoms with E-state index in [4.69, 9.17) is 5.11 Å². The lowest BCUT2D eigenvalue weighted by atomic mass is 10.3. The van der Waals surface area contributed by atoms with Gasteiger partial charge in [0.05, 0.1) is 16.0 Å². The van der Waals surface area contributed by atoms with Gasteiger partial charge >= 0.3 is 5.97 Å². The van der Waals surface area contributed by atoms with Gasteiger partial charge in [0.1, 0.15) is 5.82 Å². The van der Waals surface area contributed by atoms with E-state index in [1.807, 2.05) is 0 Å². The molecule has 1 amide bonds. The lowest BCUT2D eigenvalue weighted by molar-refractivity contribution is -0.133. The Balaban J connectivity index is 2.45. The molecule has 0 aromatic heterocycles. The van der Waals surface area contributed by atoms with Crippen LogP contribution < -0.4 is 5.32 Å². The predicted molar refractivity (Wildman–Crippen MR) is 67.7 cm³/mol. The predicted octanol–water partition coefficient (Wildman–Crippen LogP) is 2.34. The van der Waals surface area contributed by atoms with Crippen molar-refractivity contribution >= 4 is 45.3 Å². The third-order valence-corrected chi connectivity index (χ3v) is 3.22. The minimum absolute atomic E-state index is 0.0178. The lowest BCUT2D eigenvalue weighted by Crippen LogP contribution is -2.15. The van der Waals surface area contributed by atoms with Gasteiger partial charge in [-0.05, 0) is 34.1 Å². The summed E-state index contributed by atoms with van der Waals surface area (Å²) in [4.78, 5) is 21.5. The second-order valence-electron chi connectivity index (χ2n) is 3.06. The van der Waals surface area contributed by atoms with Crippen molar-refractivity contribution < 1.29 is 19.1 Å². The van der Waals surface area contributed by atoms with Crippen LogP contribution in [0.2, 0.25) is 0 Å². The second-order valence-corrected chi connectivity index (χ2v) is 4.90. The highest BCUT2D eigenvalue weighted by Crippen LogP contribution is 2.19. The zero-order chi connectivity index (χ0) is 12.8. The highest BCUT2D eigenvalue weighted by atomic mass is 79.9. The van der Waals surface area contributed by atoms with Gasteiger partial charge in [-0.15, -0.1) is 11.8 Å². The summed E-state index contributed by atoms with van der Waals surface area (Å²) >= 11 is 3.98. The van der Waals surface area contributed by atoms with Crippen LogP contribution >= 0.6 is 27.7 Å². The number of amides is 1. The van der Waals surface area contributed by atoms with Crippen LogP contribution in [0.25, 0.3) is 0 Å². The topological polar surface area (TPSA) is 66.4 Å². The maximum Gasteiger partial charge on any atom is 0.313 e. The number of aliphatic carboxylic acids is 1. The van der Waals surface area contributed by atoms with Gasteiger partial charge in [-0.2, -0.15) is 0 Å². The van der Waals surface area contributed by atoms with Crippen molar-refractivity contribution in [3.05, 3.63) is 28.5 Å². The van der Waals surface area contributed by atoms with Crippen LogP contribution in [0.15, 0.2) is 22.7 Å². The van der Waals surface area contributed by atoms with Gasteiger partial charge in [0, 0.05) is 5.69 Å². The van der Waals surface area contributed by atoms with E-state index in [9.17, 15) is 14.0 Å². The molecule has 7 heteroatoms. The Bertz CT molecular complexity index is 442. The van der Waals surface area contributed by atoms with E-state index in [0.717, 1.165) is 11.8 Å². The van der Waals surface area contributed by atoms with Gasteiger partial charge in [0.15, 0.2) is 0 Å². The molecule has 1 rings (SSSR count). The number of halogens is 2. The third-order valence-electron chi connectivity index (χ3n) is 1.66. The van der Waals surface area contributed by atoms with E-state index in [0.29, 0.717) is 10.2 Å². The number of carbonyl (C=O) groups is 2. The maximum absolute atomic E-state index is 13.1. The van der Waals surface area contributed by atoms with Gasteiger partial charge in [-0.1, -0.05) is 0 Å². The Hall–Kier alpha value is -1.08. The highest BCUT2D eigenvalue weighted by molar-refractivity contribution is 9.10. The van der Waals surface area contributed by atoms with E-state index in [1.165, 1.54) is 12.1 Å². The summed E-state index contributed by atoms with van der Waals surface area (Å²) < 4.78 is 13.4. The average Bonchev–Trinajstić information content (AvgIpc) is 2.23. The first-order valence-electron chi connectivity index (χ1n) is 4.53. The number of hydrogen-bond donors (Lipinski definition) is 2. The molecule has 92 valence electrons. The van der Waals surface area contributed by atoms with Crippen LogP contribution in [0.4, 0.5) is 10.1 Å². The van der Waals surface area contributed by atoms with Crippen molar-refractivity contribution in [1.29, 1.82) is 0 Å². The number of carboxylic acid groups (broad SMARTS) is 1.